The normalized spacial score (nSPS) is 25.5. The minimum Gasteiger partial charge on any atom is -0.294 e. The smallest absolute Gasteiger partial charge is 0.165 e. The van der Waals surface area contributed by atoms with E-state index in [0.717, 1.165) is 19.3 Å². The number of hydrogen-bond acceptors (Lipinski definition) is 1. The molecule has 0 radical (unpaired) electrons. The van der Waals surface area contributed by atoms with Gasteiger partial charge in [-0.05, 0) is 49.4 Å². The largest absolute Gasteiger partial charge is 0.294 e. The lowest BCUT2D eigenvalue weighted by Gasteiger charge is -2.08. The van der Waals surface area contributed by atoms with Crippen molar-refractivity contribution in [2.24, 2.45) is 11.8 Å². The van der Waals surface area contributed by atoms with Crippen LogP contribution in [0.15, 0.2) is 24.3 Å². The van der Waals surface area contributed by atoms with Crippen molar-refractivity contribution < 1.29 is 9.18 Å². The summed E-state index contributed by atoms with van der Waals surface area (Å²) in [5.74, 6) is 0.704. The molecule has 1 aliphatic rings. The molecule has 1 saturated carbocycles. The summed E-state index contributed by atoms with van der Waals surface area (Å²) in [6.45, 7) is 2.18. The van der Waals surface area contributed by atoms with Gasteiger partial charge in [0.05, 0.1) is 0 Å². The molecule has 2 rings (SSSR count). The minimum atomic E-state index is -0.286. The summed E-state index contributed by atoms with van der Waals surface area (Å²) in [4.78, 5) is 12.0. The number of carbonyl (C=O) groups is 1. The van der Waals surface area contributed by atoms with Crippen molar-refractivity contribution in [3.8, 4) is 0 Å². The second-order valence-electron chi connectivity index (χ2n) is 4.49. The van der Waals surface area contributed by atoms with E-state index < -0.39 is 0 Å². The standard InChI is InChI=1S/C13H15FO/c1-9-2-3-11(8-9)13(15)10-4-6-12(14)7-5-10/h4-7,9,11H,2-3,8H2,1H3. The van der Waals surface area contributed by atoms with Crippen LogP contribution in [-0.2, 0) is 0 Å². The third-order valence-corrected chi connectivity index (χ3v) is 3.19. The molecular formula is C13H15FO. The third-order valence-electron chi connectivity index (χ3n) is 3.19. The zero-order chi connectivity index (χ0) is 10.8. The Morgan fingerprint density at radius 1 is 1.27 bits per heavy atom. The average Bonchev–Trinajstić information content (AvgIpc) is 2.65. The van der Waals surface area contributed by atoms with Gasteiger partial charge in [-0.1, -0.05) is 6.92 Å². The molecule has 2 heteroatoms. The van der Waals surface area contributed by atoms with Crippen LogP contribution in [0.2, 0.25) is 0 Å². The molecule has 0 saturated heterocycles. The van der Waals surface area contributed by atoms with Gasteiger partial charge >= 0.3 is 0 Å². The van der Waals surface area contributed by atoms with E-state index in [9.17, 15) is 9.18 Å². The predicted molar refractivity (Wildman–Crippen MR) is 57.2 cm³/mol. The second kappa shape index (κ2) is 4.13. The predicted octanol–water partition coefficient (Wildman–Crippen LogP) is 3.44. The summed E-state index contributed by atoms with van der Waals surface area (Å²) in [6, 6.07) is 5.87. The molecule has 0 spiro atoms. The van der Waals surface area contributed by atoms with Crippen molar-refractivity contribution >= 4 is 5.78 Å². The molecule has 2 unspecified atom stereocenters. The summed E-state index contributed by atoms with van der Waals surface area (Å²) < 4.78 is 12.7. The van der Waals surface area contributed by atoms with Crippen molar-refractivity contribution in [2.75, 3.05) is 0 Å². The number of benzene rings is 1. The van der Waals surface area contributed by atoms with Crippen molar-refractivity contribution in [1.82, 2.24) is 0 Å². The van der Waals surface area contributed by atoms with Crippen molar-refractivity contribution in [2.45, 2.75) is 26.2 Å². The number of hydrogen-bond donors (Lipinski definition) is 0. The molecule has 1 aliphatic carbocycles. The average molecular weight is 206 g/mol. The van der Waals surface area contributed by atoms with Gasteiger partial charge in [0.25, 0.3) is 0 Å². The highest BCUT2D eigenvalue weighted by molar-refractivity contribution is 5.97. The molecule has 1 aromatic carbocycles. The first-order chi connectivity index (χ1) is 7.16. The number of ketones is 1. The van der Waals surface area contributed by atoms with Gasteiger partial charge in [-0.25, -0.2) is 4.39 Å². The molecule has 1 aromatic rings. The molecule has 0 bridgehead atoms. The Balaban J connectivity index is 2.11. The van der Waals surface area contributed by atoms with Gasteiger partial charge in [0.2, 0.25) is 0 Å². The molecule has 0 aromatic heterocycles. The number of halogens is 1. The molecule has 2 atom stereocenters. The fraction of sp³-hybridized carbons (Fsp3) is 0.462. The van der Waals surface area contributed by atoms with Crippen molar-refractivity contribution in [3.63, 3.8) is 0 Å². The van der Waals surface area contributed by atoms with E-state index in [0.29, 0.717) is 11.5 Å². The van der Waals surface area contributed by atoms with E-state index in [1.807, 2.05) is 0 Å². The van der Waals surface area contributed by atoms with E-state index in [4.69, 9.17) is 0 Å². The Morgan fingerprint density at radius 2 is 1.93 bits per heavy atom. The molecule has 1 fully saturated rings. The number of Topliss-reactive ketones (excluding diaryl/α,β-unsaturated/α-hetero) is 1. The summed E-state index contributed by atoms with van der Waals surface area (Å²) in [5, 5.41) is 0. The highest BCUT2D eigenvalue weighted by atomic mass is 19.1. The lowest BCUT2D eigenvalue weighted by molar-refractivity contribution is 0.0920. The molecular weight excluding hydrogens is 191 g/mol. The number of rotatable bonds is 2. The second-order valence-corrected chi connectivity index (χ2v) is 4.49. The van der Waals surface area contributed by atoms with Crippen LogP contribution in [-0.4, -0.2) is 5.78 Å². The maximum absolute atomic E-state index is 12.7. The van der Waals surface area contributed by atoms with Crippen LogP contribution < -0.4 is 0 Å². The monoisotopic (exact) mass is 206 g/mol. The summed E-state index contributed by atoms with van der Waals surface area (Å²) in [5.41, 5.74) is 0.649. The van der Waals surface area contributed by atoms with Gasteiger partial charge in [-0.15, -0.1) is 0 Å². The number of carbonyl (C=O) groups excluding carboxylic acids is 1. The minimum absolute atomic E-state index is 0.158. The van der Waals surface area contributed by atoms with Gasteiger partial charge in [0.1, 0.15) is 5.82 Å². The van der Waals surface area contributed by atoms with Crippen LogP contribution in [0.1, 0.15) is 36.5 Å². The zero-order valence-corrected chi connectivity index (χ0v) is 8.87. The van der Waals surface area contributed by atoms with Gasteiger partial charge in [-0.2, -0.15) is 0 Å². The fourth-order valence-corrected chi connectivity index (χ4v) is 2.30. The molecule has 80 valence electrons. The van der Waals surface area contributed by atoms with E-state index in [1.165, 1.54) is 12.1 Å². The maximum Gasteiger partial charge on any atom is 0.165 e. The van der Waals surface area contributed by atoms with E-state index >= 15 is 0 Å². The molecule has 0 heterocycles. The van der Waals surface area contributed by atoms with Crippen molar-refractivity contribution in [3.05, 3.63) is 35.6 Å². The highest BCUT2D eigenvalue weighted by Crippen LogP contribution is 2.32. The van der Waals surface area contributed by atoms with Crippen LogP contribution in [0.5, 0.6) is 0 Å². The first-order valence-electron chi connectivity index (χ1n) is 5.46. The van der Waals surface area contributed by atoms with Crippen LogP contribution in [0.4, 0.5) is 4.39 Å². The van der Waals surface area contributed by atoms with E-state index in [2.05, 4.69) is 6.92 Å². The maximum atomic E-state index is 12.7. The molecule has 15 heavy (non-hydrogen) atoms. The zero-order valence-electron chi connectivity index (χ0n) is 8.87. The lowest BCUT2D eigenvalue weighted by Crippen LogP contribution is -2.11. The van der Waals surface area contributed by atoms with Crippen LogP contribution >= 0.6 is 0 Å². The Morgan fingerprint density at radius 3 is 2.47 bits per heavy atom. The summed E-state index contributed by atoms with van der Waals surface area (Å²) in [6.07, 6.45) is 3.10. The Kier molecular flexibility index (Phi) is 2.85. The summed E-state index contributed by atoms with van der Waals surface area (Å²) >= 11 is 0. The van der Waals surface area contributed by atoms with Crippen LogP contribution in [0.25, 0.3) is 0 Å². The Labute approximate surface area is 89.3 Å². The topological polar surface area (TPSA) is 17.1 Å². The molecule has 0 aliphatic heterocycles. The Bertz CT molecular complexity index is 355. The van der Waals surface area contributed by atoms with Gasteiger partial charge in [0, 0.05) is 11.5 Å². The van der Waals surface area contributed by atoms with E-state index in [1.54, 1.807) is 12.1 Å². The molecule has 1 nitrogen and oxygen atoms in total. The van der Waals surface area contributed by atoms with E-state index in [-0.39, 0.29) is 17.5 Å². The summed E-state index contributed by atoms with van der Waals surface area (Å²) in [7, 11) is 0. The van der Waals surface area contributed by atoms with Gasteiger partial charge in [-0.3, -0.25) is 4.79 Å². The molecule has 0 N–H and O–H groups in total. The van der Waals surface area contributed by atoms with Crippen LogP contribution in [0.3, 0.4) is 0 Å². The first-order valence-corrected chi connectivity index (χ1v) is 5.46. The lowest BCUT2D eigenvalue weighted by atomic mass is 9.95. The quantitative estimate of drug-likeness (QED) is 0.677. The van der Waals surface area contributed by atoms with Gasteiger partial charge < -0.3 is 0 Å². The first kappa shape index (κ1) is 10.3. The van der Waals surface area contributed by atoms with Crippen molar-refractivity contribution in [1.29, 1.82) is 0 Å². The Hall–Kier alpha value is -1.18. The SMILES string of the molecule is CC1CCC(C(=O)c2ccc(F)cc2)C1. The van der Waals surface area contributed by atoms with Gasteiger partial charge in [0.15, 0.2) is 5.78 Å². The highest BCUT2D eigenvalue weighted by Gasteiger charge is 2.27. The fourth-order valence-electron chi connectivity index (χ4n) is 2.30. The molecule has 0 amide bonds. The van der Waals surface area contributed by atoms with Crippen LogP contribution in [0, 0.1) is 17.7 Å². The third kappa shape index (κ3) is 2.25.